The predicted octanol–water partition coefficient (Wildman–Crippen LogP) is 3.92. The molecule has 2 amide bonds. The Balaban J connectivity index is 2.38. The number of amides is 2. The molecule has 1 unspecified atom stereocenters. The third-order valence-electron chi connectivity index (χ3n) is 4.99. The van der Waals surface area contributed by atoms with E-state index in [1.165, 1.54) is 6.92 Å². The molecule has 6 nitrogen and oxygen atoms in total. The van der Waals surface area contributed by atoms with Gasteiger partial charge in [0.05, 0.1) is 0 Å². The second-order valence-corrected chi connectivity index (χ2v) is 7.43. The summed E-state index contributed by atoms with van der Waals surface area (Å²) >= 11 is 0. The second-order valence-electron chi connectivity index (χ2n) is 7.43. The summed E-state index contributed by atoms with van der Waals surface area (Å²) in [5, 5.41) is 9.60. The van der Waals surface area contributed by atoms with Crippen LogP contribution in [0.1, 0.15) is 78.1 Å². The van der Waals surface area contributed by atoms with Crippen LogP contribution in [0.2, 0.25) is 0 Å². The van der Waals surface area contributed by atoms with Crippen molar-refractivity contribution in [3.8, 4) is 0 Å². The first-order valence-electron chi connectivity index (χ1n) is 11.2. The predicted molar refractivity (Wildman–Crippen MR) is 114 cm³/mol. The number of hydrogen-bond donors (Lipinski definition) is 2. The largest absolute Gasteiger partial charge is 0.480 e. The van der Waals surface area contributed by atoms with Crippen molar-refractivity contribution in [1.29, 1.82) is 0 Å². The molecule has 1 rings (SSSR count). The van der Waals surface area contributed by atoms with E-state index in [2.05, 4.69) is 0 Å². The fourth-order valence-corrected chi connectivity index (χ4v) is 3.41. The van der Waals surface area contributed by atoms with E-state index >= 15 is 0 Å². The zero-order valence-electron chi connectivity index (χ0n) is 18.5. The Morgan fingerprint density at radius 1 is 0.966 bits per heavy atom. The molecule has 0 heterocycles. The van der Waals surface area contributed by atoms with Crippen molar-refractivity contribution in [2.75, 3.05) is 6.52 Å². The molecule has 3 N–H and O–H groups in total. The molecule has 1 aromatic rings. The van der Waals surface area contributed by atoms with Gasteiger partial charge in [-0.1, -0.05) is 75.3 Å². The molecule has 2 atom stereocenters. The fourth-order valence-electron chi connectivity index (χ4n) is 3.41. The molecule has 0 aliphatic heterocycles. The van der Waals surface area contributed by atoms with Crippen molar-refractivity contribution in [3.63, 3.8) is 0 Å². The third-order valence-corrected chi connectivity index (χ3v) is 4.99. The van der Waals surface area contributed by atoms with E-state index in [1.807, 2.05) is 6.07 Å². The van der Waals surface area contributed by atoms with Crippen LogP contribution in [0.15, 0.2) is 30.3 Å². The van der Waals surface area contributed by atoms with E-state index < -0.39 is 30.3 Å². The van der Waals surface area contributed by atoms with E-state index in [1.54, 1.807) is 24.3 Å². The van der Waals surface area contributed by atoms with Crippen LogP contribution in [0.5, 0.6) is 0 Å². The zero-order valence-corrected chi connectivity index (χ0v) is 17.5. The maximum Gasteiger partial charge on any atom is 0.327 e. The molecule has 6 heteroatoms. The van der Waals surface area contributed by atoms with Gasteiger partial charge in [-0.15, -0.1) is 0 Å². The summed E-state index contributed by atoms with van der Waals surface area (Å²) in [6.45, 7) is 0.775. The Morgan fingerprint density at radius 2 is 1.48 bits per heavy atom. The number of carboxylic acids is 1. The Labute approximate surface area is 175 Å². The number of unbranched alkanes of at least 4 members (excludes halogenated alkanes) is 7. The average molecular weight is 406 g/mol. The van der Waals surface area contributed by atoms with E-state index in [0.717, 1.165) is 61.8 Å². The molecule has 0 fully saturated rings. The van der Waals surface area contributed by atoms with E-state index in [4.69, 9.17) is 7.10 Å². The van der Waals surface area contributed by atoms with Crippen LogP contribution >= 0.6 is 0 Å². The van der Waals surface area contributed by atoms with Crippen LogP contribution in [0.4, 0.5) is 0 Å². The molecule has 162 valence electrons. The molecule has 0 bridgehead atoms. The van der Waals surface area contributed by atoms with Crippen LogP contribution in [0.25, 0.3) is 0 Å². The number of carbonyl (C=O) groups excluding carboxylic acids is 2. The van der Waals surface area contributed by atoms with Gasteiger partial charge in [0, 0.05) is 21.1 Å². The molecule has 0 aliphatic rings. The lowest BCUT2D eigenvalue weighted by atomic mass is 10.0. The number of benzene rings is 1. The minimum Gasteiger partial charge on any atom is -0.480 e. The summed E-state index contributed by atoms with van der Waals surface area (Å²) < 4.78 is 7.26. The summed E-state index contributed by atoms with van der Waals surface area (Å²) in [5.74, 6) is -2.12. The van der Waals surface area contributed by atoms with Crippen LogP contribution in [-0.4, -0.2) is 40.4 Å². The SMILES string of the molecule is [2H]C(N)CCCCCCCCCCC(=O)N(C(C)=O)[C@@H](Cc1ccccc1)C(=O)O. The van der Waals surface area contributed by atoms with Gasteiger partial charge in [0.2, 0.25) is 11.8 Å². The molecule has 29 heavy (non-hydrogen) atoms. The van der Waals surface area contributed by atoms with Crippen molar-refractivity contribution < 1.29 is 20.9 Å². The highest BCUT2D eigenvalue weighted by atomic mass is 16.4. The molecule has 0 saturated heterocycles. The summed E-state index contributed by atoms with van der Waals surface area (Å²) in [4.78, 5) is 37.3. The standard InChI is InChI=1S/C23H36N2O4/c1-19(26)25(21(23(28)29)18-20-14-10-9-11-15-20)22(27)16-12-7-5-3-2-4-6-8-13-17-24/h9-11,14-15,21H,2-8,12-13,16-18,24H2,1H3,(H,28,29)/t21-/m0/s1/i17D/t17?,21-. The summed E-state index contributed by atoms with van der Waals surface area (Å²) in [7, 11) is 0. The molecule has 0 radical (unpaired) electrons. The normalized spacial score (nSPS) is 13.4. The summed E-state index contributed by atoms with van der Waals surface area (Å²) in [6.07, 6.45) is 9.00. The molecular formula is C23H36N2O4. The summed E-state index contributed by atoms with van der Waals surface area (Å²) in [5.41, 5.74) is 6.18. The summed E-state index contributed by atoms with van der Waals surface area (Å²) in [6, 6.07) is 7.84. The lowest BCUT2D eigenvalue weighted by molar-refractivity contribution is -0.157. The Morgan fingerprint density at radius 3 is 1.97 bits per heavy atom. The molecular weight excluding hydrogens is 368 g/mol. The van der Waals surface area contributed by atoms with Gasteiger partial charge in [0.15, 0.2) is 0 Å². The van der Waals surface area contributed by atoms with Crippen molar-refractivity contribution in [2.24, 2.45) is 5.73 Å². The van der Waals surface area contributed by atoms with Gasteiger partial charge in [-0.25, -0.2) is 4.79 Å². The van der Waals surface area contributed by atoms with Gasteiger partial charge >= 0.3 is 5.97 Å². The van der Waals surface area contributed by atoms with Gasteiger partial charge in [0.1, 0.15) is 6.04 Å². The van der Waals surface area contributed by atoms with Crippen molar-refractivity contribution in [2.45, 2.75) is 83.6 Å². The van der Waals surface area contributed by atoms with Gasteiger partial charge in [-0.2, -0.15) is 0 Å². The van der Waals surface area contributed by atoms with Crippen LogP contribution in [0, 0.1) is 0 Å². The Hall–Kier alpha value is -2.21. The van der Waals surface area contributed by atoms with Crippen LogP contribution in [0.3, 0.4) is 0 Å². The quantitative estimate of drug-likeness (QED) is 0.431. The molecule has 0 saturated carbocycles. The lowest BCUT2D eigenvalue weighted by Crippen LogP contribution is -2.48. The Kier molecular flexibility index (Phi) is 11.7. The topological polar surface area (TPSA) is 101 Å². The minimum atomic E-state index is -1.19. The highest BCUT2D eigenvalue weighted by molar-refractivity contribution is 5.98. The first-order valence-corrected chi connectivity index (χ1v) is 10.6. The number of imide groups is 1. The average Bonchev–Trinajstić information content (AvgIpc) is 2.69. The van der Waals surface area contributed by atoms with E-state index in [9.17, 15) is 19.5 Å². The number of aliphatic carboxylic acids is 1. The van der Waals surface area contributed by atoms with Gasteiger partial charge in [-0.3, -0.25) is 14.5 Å². The van der Waals surface area contributed by atoms with E-state index in [-0.39, 0.29) is 12.8 Å². The van der Waals surface area contributed by atoms with Gasteiger partial charge in [-0.05, 0) is 24.9 Å². The van der Waals surface area contributed by atoms with Crippen molar-refractivity contribution >= 4 is 17.8 Å². The van der Waals surface area contributed by atoms with Gasteiger partial charge in [0.25, 0.3) is 0 Å². The number of carbonyl (C=O) groups is 3. The first-order chi connectivity index (χ1) is 14.3. The maximum atomic E-state index is 12.6. The van der Waals surface area contributed by atoms with E-state index in [0.29, 0.717) is 6.42 Å². The molecule has 0 aromatic heterocycles. The molecule has 0 spiro atoms. The van der Waals surface area contributed by atoms with Crippen molar-refractivity contribution in [3.05, 3.63) is 35.9 Å². The molecule has 1 aromatic carbocycles. The fraction of sp³-hybridized carbons (Fsp3) is 0.609. The number of nitrogens with two attached hydrogens (primary N) is 1. The minimum absolute atomic E-state index is 0.104. The maximum absolute atomic E-state index is 12.6. The smallest absolute Gasteiger partial charge is 0.327 e. The van der Waals surface area contributed by atoms with Gasteiger partial charge < -0.3 is 10.8 Å². The number of carboxylic acid groups (broad SMARTS) is 1. The molecule has 0 aliphatic carbocycles. The first kappa shape index (κ1) is 23.1. The highest BCUT2D eigenvalue weighted by Gasteiger charge is 2.32. The van der Waals surface area contributed by atoms with Crippen LogP contribution in [-0.2, 0) is 20.8 Å². The number of rotatable bonds is 15. The van der Waals surface area contributed by atoms with Crippen molar-refractivity contribution in [1.82, 2.24) is 4.90 Å². The zero-order chi connectivity index (χ0) is 22.4. The number of nitrogens with zero attached hydrogens (tertiary/aromatic N) is 1. The third kappa shape index (κ3) is 10.2. The highest BCUT2D eigenvalue weighted by Crippen LogP contribution is 2.15. The number of hydrogen-bond acceptors (Lipinski definition) is 4. The Bertz CT molecular complexity index is 652. The lowest BCUT2D eigenvalue weighted by Gasteiger charge is -2.26. The monoisotopic (exact) mass is 405 g/mol. The second kappa shape index (κ2) is 14.7. The van der Waals surface area contributed by atoms with Crippen LogP contribution < -0.4 is 5.73 Å².